The Bertz CT molecular complexity index is 640. The lowest BCUT2D eigenvalue weighted by molar-refractivity contribution is -0.113. The SMILES string of the molecule is CCc1cccc(C)c1NC(=O)CSCc1ccc(Cl)cc1. The number of hydrogen-bond donors (Lipinski definition) is 1. The van der Waals surface area contributed by atoms with Gasteiger partial charge in [-0.25, -0.2) is 0 Å². The lowest BCUT2D eigenvalue weighted by Crippen LogP contribution is -2.16. The zero-order chi connectivity index (χ0) is 15.9. The van der Waals surface area contributed by atoms with Crippen LogP contribution in [-0.2, 0) is 17.0 Å². The summed E-state index contributed by atoms with van der Waals surface area (Å²) in [7, 11) is 0. The Morgan fingerprint density at radius 3 is 2.59 bits per heavy atom. The van der Waals surface area contributed by atoms with Crippen molar-refractivity contribution >= 4 is 35.0 Å². The lowest BCUT2D eigenvalue weighted by atomic mass is 10.1. The number of carbonyl (C=O) groups is 1. The van der Waals surface area contributed by atoms with Crippen LogP contribution in [0.15, 0.2) is 42.5 Å². The van der Waals surface area contributed by atoms with Crippen molar-refractivity contribution in [2.24, 2.45) is 0 Å². The Hall–Kier alpha value is -1.45. The van der Waals surface area contributed by atoms with Crippen LogP contribution in [0.2, 0.25) is 5.02 Å². The quantitative estimate of drug-likeness (QED) is 0.798. The van der Waals surface area contributed by atoms with Crippen molar-refractivity contribution in [1.82, 2.24) is 0 Å². The summed E-state index contributed by atoms with van der Waals surface area (Å²) in [5, 5.41) is 3.78. The molecule has 0 bridgehead atoms. The summed E-state index contributed by atoms with van der Waals surface area (Å²) in [4.78, 5) is 12.1. The van der Waals surface area contributed by atoms with E-state index >= 15 is 0 Å². The summed E-state index contributed by atoms with van der Waals surface area (Å²) in [6, 6.07) is 13.8. The molecule has 0 spiro atoms. The van der Waals surface area contributed by atoms with E-state index in [4.69, 9.17) is 11.6 Å². The molecule has 0 radical (unpaired) electrons. The number of halogens is 1. The topological polar surface area (TPSA) is 29.1 Å². The van der Waals surface area contributed by atoms with Gasteiger partial charge in [0.05, 0.1) is 5.75 Å². The fraction of sp³-hybridized carbons (Fsp3) is 0.278. The third kappa shape index (κ3) is 4.79. The number of thioether (sulfide) groups is 1. The van der Waals surface area contributed by atoms with Gasteiger partial charge in [0.1, 0.15) is 0 Å². The maximum atomic E-state index is 12.1. The molecule has 0 aliphatic carbocycles. The van der Waals surface area contributed by atoms with E-state index < -0.39 is 0 Å². The standard InChI is InChI=1S/C18H20ClNOS/c1-3-15-6-4-5-13(2)18(15)20-17(21)12-22-11-14-7-9-16(19)10-8-14/h4-10H,3,11-12H2,1-2H3,(H,20,21). The second kappa shape index (κ2) is 8.25. The van der Waals surface area contributed by atoms with E-state index in [0.717, 1.165) is 28.4 Å². The first-order valence-corrected chi connectivity index (χ1v) is 8.84. The summed E-state index contributed by atoms with van der Waals surface area (Å²) >= 11 is 7.46. The molecule has 0 aromatic heterocycles. The number of benzene rings is 2. The summed E-state index contributed by atoms with van der Waals surface area (Å²) in [5.41, 5.74) is 4.42. The van der Waals surface area contributed by atoms with Gasteiger partial charge < -0.3 is 5.32 Å². The molecule has 0 heterocycles. The molecule has 0 unspecified atom stereocenters. The van der Waals surface area contributed by atoms with E-state index in [9.17, 15) is 4.79 Å². The zero-order valence-corrected chi connectivity index (χ0v) is 14.4. The van der Waals surface area contributed by atoms with Gasteiger partial charge in [-0.05, 0) is 42.2 Å². The maximum absolute atomic E-state index is 12.1. The van der Waals surface area contributed by atoms with Crippen molar-refractivity contribution in [3.8, 4) is 0 Å². The highest BCUT2D eigenvalue weighted by Crippen LogP contribution is 2.22. The van der Waals surface area contributed by atoms with Crippen LogP contribution in [0, 0.1) is 6.92 Å². The molecule has 0 atom stereocenters. The molecule has 2 aromatic carbocycles. The minimum atomic E-state index is 0.0444. The van der Waals surface area contributed by atoms with Crippen molar-refractivity contribution in [3.63, 3.8) is 0 Å². The molecule has 1 amide bonds. The molecular weight excluding hydrogens is 314 g/mol. The molecule has 2 nitrogen and oxygen atoms in total. The number of para-hydroxylation sites is 1. The Morgan fingerprint density at radius 2 is 1.91 bits per heavy atom. The lowest BCUT2D eigenvalue weighted by Gasteiger charge is -2.12. The number of amides is 1. The number of hydrogen-bond acceptors (Lipinski definition) is 2. The largest absolute Gasteiger partial charge is 0.325 e. The van der Waals surface area contributed by atoms with Crippen LogP contribution in [0.3, 0.4) is 0 Å². The minimum absolute atomic E-state index is 0.0444. The van der Waals surface area contributed by atoms with E-state index in [1.54, 1.807) is 11.8 Å². The fourth-order valence-electron chi connectivity index (χ4n) is 2.22. The minimum Gasteiger partial charge on any atom is -0.325 e. The van der Waals surface area contributed by atoms with Crippen molar-refractivity contribution in [1.29, 1.82) is 0 Å². The highest BCUT2D eigenvalue weighted by molar-refractivity contribution is 7.99. The van der Waals surface area contributed by atoms with Gasteiger partial charge in [-0.2, -0.15) is 0 Å². The fourth-order valence-corrected chi connectivity index (χ4v) is 3.13. The number of rotatable bonds is 6. The van der Waals surface area contributed by atoms with Crippen molar-refractivity contribution in [3.05, 3.63) is 64.2 Å². The molecule has 0 saturated heterocycles. The van der Waals surface area contributed by atoms with E-state index in [-0.39, 0.29) is 5.91 Å². The highest BCUT2D eigenvalue weighted by Gasteiger charge is 2.08. The Morgan fingerprint density at radius 1 is 1.18 bits per heavy atom. The van der Waals surface area contributed by atoms with Gasteiger partial charge >= 0.3 is 0 Å². The van der Waals surface area contributed by atoms with Gasteiger partial charge in [-0.3, -0.25) is 4.79 Å². The predicted octanol–water partition coefficient (Wildman–Crippen LogP) is 5.08. The van der Waals surface area contributed by atoms with Crippen LogP contribution < -0.4 is 5.32 Å². The van der Waals surface area contributed by atoms with Crippen molar-refractivity contribution in [2.75, 3.05) is 11.1 Å². The van der Waals surface area contributed by atoms with Gasteiger partial charge in [0.15, 0.2) is 0 Å². The van der Waals surface area contributed by atoms with E-state index in [1.165, 1.54) is 11.1 Å². The van der Waals surface area contributed by atoms with Crippen LogP contribution in [-0.4, -0.2) is 11.7 Å². The molecule has 22 heavy (non-hydrogen) atoms. The van der Waals surface area contributed by atoms with Gasteiger partial charge in [0.2, 0.25) is 5.91 Å². The first kappa shape index (κ1) is 16.9. The number of anilines is 1. The average molecular weight is 334 g/mol. The Labute approximate surface area is 141 Å². The van der Waals surface area contributed by atoms with E-state index in [1.807, 2.05) is 43.3 Å². The molecule has 0 fully saturated rings. The molecule has 1 N–H and O–H groups in total. The predicted molar refractivity (Wildman–Crippen MR) is 96.8 cm³/mol. The number of aryl methyl sites for hydroxylation is 2. The number of nitrogens with one attached hydrogen (secondary N) is 1. The van der Waals surface area contributed by atoms with Gasteiger partial charge in [-0.1, -0.05) is 48.9 Å². The van der Waals surface area contributed by atoms with Gasteiger partial charge in [0, 0.05) is 16.5 Å². The van der Waals surface area contributed by atoms with Crippen LogP contribution in [0.4, 0.5) is 5.69 Å². The Kier molecular flexibility index (Phi) is 6.34. The molecule has 4 heteroatoms. The molecule has 2 rings (SSSR count). The highest BCUT2D eigenvalue weighted by atomic mass is 35.5. The molecule has 0 aliphatic heterocycles. The molecule has 2 aromatic rings. The summed E-state index contributed by atoms with van der Waals surface area (Å²) in [5.74, 6) is 1.29. The van der Waals surface area contributed by atoms with Crippen molar-refractivity contribution in [2.45, 2.75) is 26.0 Å². The second-order valence-corrected chi connectivity index (χ2v) is 6.55. The molecular formula is C18H20ClNOS. The van der Waals surface area contributed by atoms with Crippen LogP contribution in [0.1, 0.15) is 23.6 Å². The Balaban J connectivity index is 1.87. The maximum Gasteiger partial charge on any atom is 0.234 e. The third-order valence-corrected chi connectivity index (χ3v) is 4.68. The van der Waals surface area contributed by atoms with Crippen molar-refractivity contribution < 1.29 is 4.79 Å². The first-order chi connectivity index (χ1) is 10.6. The van der Waals surface area contributed by atoms with Crippen LogP contribution in [0.25, 0.3) is 0 Å². The van der Waals surface area contributed by atoms with E-state index in [2.05, 4.69) is 18.3 Å². The van der Waals surface area contributed by atoms with Gasteiger partial charge in [0.25, 0.3) is 0 Å². The van der Waals surface area contributed by atoms with Crippen LogP contribution >= 0.6 is 23.4 Å². The summed E-state index contributed by atoms with van der Waals surface area (Å²) in [6.07, 6.45) is 0.912. The summed E-state index contributed by atoms with van der Waals surface area (Å²) < 4.78 is 0. The smallest absolute Gasteiger partial charge is 0.234 e. The van der Waals surface area contributed by atoms with Gasteiger partial charge in [-0.15, -0.1) is 11.8 Å². The number of carbonyl (C=O) groups excluding carboxylic acids is 1. The molecule has 0 aliphatic rings. The normalized spacial score (nSPS) is 10.5. The average Bonchev–Trinajstić information content (AvgIpc) is 2.51. The van der Waals surface area contributed by atoms with Crippen LogP contribution in [0.5, 0.6) is 0 Å². The summed E-state index contributed by atoms with van der Waals surface area (Å²) in [6.45, 7) is 4.12. The zero-order valence-electron chi connectivity index (χ0n) is 12.9. The van der Waals surface area contributed by atoms with E-state index in [0.29, 0.717) is 5.75 Å². The third-order valence-electron chi connectivity index (χ3n) is 3.42. The monoisotopic (exact) mass is 333 g/mol. The molecule has 0 saturated carbocycles. The molecule has 116 valence electrons. The second-order valence-electron chi connectivity index (χ2n) is 5.13. The first-order valence-electron chi connectivity index (χ1n) is 7.30.